The molecule has 1 aromatic carbocycles. The fraction of sp³-hybridized carbons (Fsp3) is 0.417. The van der Waals surface area contributed by atoms with Gasteiger partial charge in [0.15, 0.2) is 6.10 Å². The fourth-order valence-corrected chi connectivity index (χ4v) is 2.02. The first-order valence-corrected chi connectivity index (χ1v) is 5.76. The van der Waals surface area contributed by atoms with Crippen molar-refractivity contribution in [3.8, 4) is 6.07 Å². The third kappa shape index (κ3) is 3.24. The summed E-state index contributed by atoms with van der Waals surface area (Å²) in [7, 11) is 0. The molecule has 0 saturated carbocycles. The van der Waals surface area contributed by atoms with E-state index in [4.69, 9.17) is 10.00 Å². The molecule has 7 heteroatoms. The van der Waals surface area contributed by atoms with Crippen LogP contribution in [0.5, 0.6) is 0 Å². The molecule has 1 unspecified atom stereocenters. The van der Waals surface area contributed by atoms with Crippen LogP contribution in [0.3, 0.4) is 0 Å². The smallest absolute Gasteiger partial charge is 0.274 e. The van der Waals surface area contributed by atoms with Gasteiger partial charge in [0.1, 0.15) is 5.82 Å². The first-order chi connectivity index (χ1) is 9.10. The summed E-state index contributed by atoms with van der Waals surface area (Å²) in [5.41, 5.74) is 0.199. The molecule has 1 aliphatic heterocycles. The molecule has 2 rings (SSSR count). The van der Waals surface area contributed by atoms with Crippen LogP contribution in [-0.4, -0.2) is 35.6 Å². The monoisotopic (exact) mass is 265 g/mol. The van der Waals surface area contributed by atoms with Crippen LogP contribution in [0, 0.1) is 27.3 Å². The molecule has 0 amide bonds. The van der Waals surface area contributed by atoms with Crippen molar-refractivity contribution < 1.29 is 14.1 Å². The number of hydrogen-bond donors (Lipinski definition) is 0. The van der Waals surface area contributed by atoms with Crippen molar-refractivity contribution in [2.75, 3.05) is 19.7 Å². The first kappa shape index (κ1) is 13.4. The Morgan fingerprint density at radius 1 is 1.63 bits per heavy atom. The van der Waals surface area contributed by atoms with Gasteiger partial charge in [-0.15, -0.1) is 0 Å². The van der Waals surface area contributed by atoms with E-state index in [1.165, 1.54) is 0 Å². The topological polar surface area (TPSA) is 79.4 Å². The summed E-state index contributed by atoms with van der Waals surface area (Å²) in [5, 5.41) is 19.7. The minimum Gasteiger partial charge on any atom is -0.361 e. The van der Waals surface area contributed by atoms with Crippen LogP contribution in [0.1, 0.15) is 5.56 Å². The summed E-state index contributed by atoms with van der Waals surface area (Å²) < 4.78 is 18.4. The van der Waals surface area contributed by atoms with Gasteiger partial charge in [0.05, 0.1) is 17.6 Å². The number of ether oxygens (including phenoxy) is 1. The number of benzene rings is 1. The van der Waals surface area contributed by atoms with Crippen molar-refractivity contribution in [3.05, 3.63) is 39.7 Å². The molecular weight excluding hydrogens is 253 g/mol. The molecule has 0 radical (unpaired) electrons. The minimum absolute atomic E-state index is 0.110. The van der Waals surface area contributed by atoms with Gasteiger partial charge in [0, 0.05) is 31.3 Å². The van der Waals surface area contributed by atoms with Gasteiger partial charge in [-0.2, -0.15) is 5.26 Å². The Morgan fingerprint density at radius 3 is 3.11 bits per heavy atom. The molecule has 0 spiro atoms. The Labute approximate surface area is 109 Å². The number of rotatable bonds is 3. The van der Waals surface area contributed by atoms with Crippen LogP contribution in [0.25, 0.3) is 0 Å². The lowest BCUT2D eigenvalue weighted by Crippen LogP contribution is -2.41. The van der Waals surface area contributed by atoms with E-state index in [2.05, 4.69) is 0 Å². The highest BCUT2D eigenvalue weighted by atomic mass is 19.1. The van der Waals surface area contributed by atoms with Gasteiger partial charge < -0.3 is 4.74 Å². The van der Waals surface area contributed by atoms with E-state index in [-0.39, 0.29) is 12.2 Å². The van der Waals surface area contributed by atoms with E-state index >= 15 is 0 Å². The Balaban J connectivity index is 2.16. The normalized spacial score (nSPS) is 19.9. The number of halogens is 1. The highest BCUT2D eigenvalue weighted by Crippen LogP contribution is 2.22. The van der Waals surface area contributed by atoms with Crippen LogP contribution in [0.15, 0.2) is 18.2 Å². The molecule has 100 valence electrons. The molecule has 1 aliphatic rings. The van der Waals surface area contributed by atoms with Crippen LogP contribution >= 0.6 is 0 Å². The molecule has 1 atom stereocenters. The molecule has 1 saturated heterocycles. The predicted octanol–water partition coefficient (Wildman–Crippen LogP) is 1.46. The van der Waals surface area contributed by atoms with Gasteiger partial charge in [-0.3, -0.25) is 15.0 Å². The van der Waals surface area contributed by atoms with Crippen molar-refractivity contribution in [3.63, 3.8) is 0 Å². The Kier molecular flexibility index (Phi) is 4.04. The maximum atomic E-state index is 13.2. The van der Waals surface area contributed by atoms with Gasteiger partial charge in [-0.1, -0.05) is 0 Å². The average molecular weight is 265 g/mol. The van der Waals surface area contributed by atoms with Crippen molar-refractivity contribution in [2.24, 2.45) is 0 Å². The second kappa shape index (κ2) is 5.73. The lowest BCUT2D eigenvalue weighted by molar-refractivity contribution is -0.385. The van der Waals surface area contributed by atoms with Gasteiger partial charge in [-0.05, 0) is 12.1 Å². The lowest BCUT2D eigenvalue weighted by atomic mass is 10.1. The van der Waals surface area contributed by atoms with E-state index in [9.17, 15) is 14.5 Å². The van der Waals surface area contributed by atoms with Gasteiger partial charge in [-0.25, -0.2) is 4.39 Å². The molecule has 6 nitrogen and oxygen atoms in total. The second-order valence-electron chi connectivity index (χ2n) is 4.25. The lowest BCUT2D eigenvalue weighted by Gasteiger charge is -2.29. The van der Waals surface area contributed by atoms with Crippen LogP contribution in [0.2, 0.25) is 0 Å². The summed E-state index contributed by atoms with van der Waals surface area (Å²) in [6.07, 6.45) is -0.540. The SMILES string of the molecule is N#CC1CN(Cc2cc(F)ccc2[N+](=O)[O-])CCO1. The van der Waals surface area contributed by atoms with Gasteiger partial charge >= 0.3 is 0 Å². The zero-order valence-corrected chi connectivity index (χ0v) is 10.1. The Hall–Kier alpha value is -2.04. The van der Waals surface area contributed by atoms with E-state index in [1.807, 2.05) is 11.0 Å². The minimum atomic E-state index is -0.540. The Bertz CT molecular complexity index is 529. The third-order valence-electron chi connectivity index (χ3n) is 2.93. The molecular formula is C12H12FN3O3. The van der Waals surface area contributed by atoms with E-state index < -0.39 is 16.8 Å². The third-order valence-corrected chi connectivity index (χ3v) is 2.93. The highest BCUT2D eigenvalue weighted by Gasteiger charge is 2.23. The summed E-state index contributed by atoms with van der Waals surface area (Å²) in [6, 6.07) is 5.39. The van der Waals surface area contributed by atoms with Crippen molar-refractivity contribution >= 4 is 5.69 Å². The van der Waals surface area contributed by atoms with Gasteiger partial charge in [0.25, 0.3) is 5.69 Å². The van der Waals surface area contributed by atoms with Gasteiger partial charge in [0.2, 0.25) is 0 Å². The molecule has 1 fully saturated rings. The highest BCUT2D eigenvalue weighted by molar-refractivity contribution is 5.40. The predicted molar refractivity (Wildman–Crippen MR) is 63.7 cm³/mol. The average Bonchev–Trinajstić information content (AvgIpc) is 2.38. The van der Waals surface area contributed by atoms with E-state index in [0.29, 0.717) is 25.3 Å². The molecule has 1 aromatic rings. The maximum absolute atomic E-state index is 13.2. The number of hydrogen-bond acceptors (Lipinski definition) is 5. The number of nitro groups is 1. The Morgan fingerprint density at radius 2 is 2.42 bits per heavy atom. The standard InChI is InChI=1S/C12H12FN3O3/c13-10-1-2-12(16(17)18)9(5-10)7-15-3-4-19-11(6-14)8-15/h1-2,5,11H,3-4,7-8H2. The van der Waals surface area contributed by atoms with Crippen LogP contribution < -0.4 is 0 Å². The summed E-state index contributed by atoms with van der Waals surface area (Å²) in [6.45, 7) is 1.55. The second-order valence-corrected chi connectivity index (χ2v) is 4.25. The molecule has 1 heterocycles. The number of nitro benzene ring substituents is 1. The number of nitriles is 1. The van der Waals surface area contributed by atoms with Crippen LogP contribution in [-0.2, 0) is 11.3 Å². The first-order valence-electron chi connectivity index (χ1n) is 5.76. The quantitative estimate of drug-likeness (QED) is 0.610. The molecule has 0 bridgehead atoms. The molecule has 0 aliphatic carbocycles. The maximum Gasteiger partial charge on any atom is 0.274 e. The summed E-state index contributed by atoms with van der Waals surface area (Å²) in [5.74, 6) is -0.509. The molecule has 0 aromatic heterocycles. The van der Waals surface area contributed by atoms with Crippen LogP contribution in [0.4, 0.5) is 10.1 Å². The van der Waals surface area contributed by atoms with Crippen molar-refractivity contribution in [1.82, 2.24) is 4.90 Å². The fourth-order valence-electron chi connectivity index (χ4n) is 2.02. The van der Waals surface area contributed by atoms with Crippen molar-refractivity contribution in [1.29, 1.82) is 5.26 Å². The van der Waals surface area contributed by atoms with E-state index in [1.54, 1.807) is 0 Å². The number of morpholine rings is 1. The zero-order valence-electron chi connectivity index (χ0n) is 10.1. The zero-order chi connectivity index (χ0) is 13.8. The summed E-state index contributed by atoms with van der Waals surface area (Å²) in [4.78, 5) is 12.2. The molecule has 19 heavy (non-hydrogen) atoms. The van der Waals surface area contributed by atoms with E-state index in [0.717, 1.165) is 18.2 Å². The largest absolute Gasteiger partial charge is 0.361 e. The molecule has 0 N–H and O–H groups in total. The van der Waals surface area contributed by atoms with Crippen molar-refractivity contribution in [2.45, 2.75) is 12.6 Å². The number of nitrogens with zero attached hydrogens (tertiary/aromatic N) is 3. The summed E-state index contributed by atoms with van der Waals surface area (Å²) >= 11 is 0.